The summed E-state index contributed by atoms with van der Waals surface area (Å²) in [4.78, 5) is 31.7. The van der Waals surface area contributed by atoms with E-state index in [0.29, 0.717) is 31.5 Å². The fourth-order valence-electron chi connectivity index (χ4n) is 3.83. The Bertz CT molecular complexity index is 1050. The summed E-state index contributed by atoms with van der Waals surface area (Å²) in [7, 11) is 0. The molecule has 2 amide bonds. The van der Waals surface area contributed by atoms with Gasteiger partial charge in [-0.15, -0.1) is 11.3 Å². The van der Waals surface area contributed by atoms with Crippen LogP contribution in [0.15, 0.2) is 60.0 Å². The zero-order chi connectivity index (χ0) is 21.6. The van der Waals surface area contributed by atoms with Gasteiger partial charge >= 0.3 is 0 Å². The average Bonchev–Trinajstić information content (AvgIpc) is 3.44. The molecule has 31 heavy (non-hydrogen) atoms. The molecule has 5 nitrogen and oxygen atoms in total. The van der Waals surface area contributed by atoms with Crippen LogP contribution < -0.4 is 5.32 Å². The Morgan fingerprint density at radius 1 is 1.16 bits per heavy atom. The summed E-state index contributed by atoms with van der Waals surface area (Å²) in [6.07, 6.45) is 2.18. The summed E-state index contributed by atoms with van der Waals surface area (Å²) in [5.74, 6) is -0.641. The predicted molar refractivity (Wildman–Crippen MR) is 119 cm³/mol. The third-order valence-corrected chi connectivity index (χ3v) is 6.31. The molecule has 0 radical (unpaired) electrons. The molecule has 0 saturated carbocycles. The number of benzene rings is 2. The highest BCUT2D eigenvalue weighted by atomic mass is 32.1. The van der Waals surface area contributed by atoms with Gasteiger partial charge in [0, 0.05) is 30.5 Å². The lowest BCUT2D eigenvalue weighted by Crippen LogP contribution is -2.46. The highest BCUT2D eigenvalue weighted by Gasteiger charge is 2.33. The molecule has 1 aliphatic heterocycles. The van der Waals surface area contributed by atoms with Gasteiger partial charge in [0.05, 0.1) is 12.1 Å². The first-order valence-electron chi connectivity index (χ1n) is 10.4. The molecule has 0 bridgehead atoms. The molecule has 1 fully saturated rings. The van der Waals surface area contributed by atoms with Crippen LogP contribution in [0.4, 0.5) is 4.39 Å². The molecule has 1 aromatic heterocycles. The van der Waals surface area contributed by atoms with Gasteiger partial charge in [0.25, 0.3) is 0 Å². The smallest absolute Gasteiger partial charge is 0.242 e. The standard InChI is InChI=1S/C24H24FN3O2S/c25-19-9-4-6-17(14-19)15-22(29)28-13-5-10-21(28)23(30)26-12-11-20-16-31-24(27-20)18-7-2-1-3-8-18/h1-4,6-9,14,16,21H,5,10-13,15H2,(H,26,30)/t21-/m1/s1. The van der Waals surface area contributed by atoms with E-state index in [-0.39, 0.29) is 24.1 Å². The monoisotopic (exact) mass is 437 g/mol. The van der Waals surface area contributed by atoms with Crippen LogP contribution >= 0.6 is 11.3 Å². The quantitative estimate of drug-likeness (QED) is 0.611. The van der Waals surface area contributed by atoms with Crippen LogP contribution in [0.2, 0.25) is 0 Å². The molecule has 160 valence electrons. The second-order valence-corrected chi connectivity index (χ2v) is 8.46. The maximum atomic E-state index is 13.4. The number of carbonyl (C=O) groups excluding carboxylic acids is 2. The molecule has 1 saturated heterocycles. The lowest BCUT2D eigenvalue weighted by molar-refractivity contribution is -0.137. The van der Waals surface area contributed by atoms with Gasteiger partial charge in [-0.25, -0.2) is 9.37 Å². The summed E-state index contributed by atoms with van der Waals surface area (Å²) < 4.78 is 13.4. The molecule has 2 aromatic carbocycles. The van der Waals surface area contributed by atoms with Crippen molar-refractivity contribution in [1.82, 2.24) is 15.2 Å². The highest BCUT2D eigenvalue weighted by Crippen LogP contribution is 2.23. The van der Waals surface area contributed by atoms with Crippen LogP contribution in [0.25, 0.3) is 10.6 Å². The van der Waals surface area contributed by atoms with Crippen molar-refractivity contribution in [2.75, 3.05) is 13.1 Å². The molecule has 0 spiro atoms. The molecule has 2 heterocycles. The van der Waals surface area contributed by atoms with Gasteiger partial charge in [-0.05, 0) is 30.5 Å². The number of halogens is 1. The number of nitrogens with zero attached hydrogens (tertiary/aromatic N) is 2. The maximum absolute atomic E-state index is 13.4. The second-order valence-electron chi connectivity index (χ2n) is 7.60. The summed E-state index contributed by atoms with van der Waals surface area (Å²) >= 11 is 1.59. The van der Waals surface area contributed by atoms with Crippen LogP contribution in [0.3, 0.4) is 0 Å². The number of carbonyl (C=O) groups is 2. The molecule has 4 rings (SSSR count). The summed E-state index contributed by atoms with van der Waals surface area (Å²) in [5.41, 5.74) is 2.64. The molecule has 3 aromatic rings. The van der Waals surface area contributed by atoms with Gasteiger partial charge in [-0.2, -0.15) is 0 Å². The summed E-state index contributed by atoms with van der Waals surface area (Å²) in [5, 5.41) is 5.93. The van der Waals surface area contributed by atoms with E-state index >= 15 is 0 Å². The Morgan fingerprint density at radius 2 is 2.00 bits per heavy atom. The van der Waals surface area contributed by atoms with E-state index in [9.17, 15) is 14.0 Å². The number of thiazole rings is 1. The van der Waals surface area contributed by atoms with Gasteiger partial charge in [-0.1, -0.05) is 42.5 Å². The van der Waals surface area contributed by atoms with Crippen molar-refractivity contribution in [2.24, 2.45) is 0 Å². The van der Waals surface area contributed by atoms with Crippen molar-refractivity contribution in [2.45, 2.75) is 31.7 Å². The zero-order valence-corrected chi connectivity index (χ0v) is 17.9. The number of hydrogen-bond donors (Lipinski definition) is 1. The molecule has 7 heteroatoms. The van der Waals surface area contributed by atoms with Crippen LogP contribution in [0.5, 0.6) is 0 Å². The van der Waals surface area contributed by atoms with Gasteiger partial charge in [0.1, 0.15) is 16.9 Å². The van der Waals surface area contributed by atoms with Crippen molar-refractivity contribution in [3.8, 4) is 10.6 Å². The number of aromatic nitrogens is 1. The van der Waals surface area contributed by atoms with Crippen molar-refractivity contribution < 1.29 is 14.0 Å². The average molecular weight is 438 g/mol. The number of nitrogens with one attached hydrogen (secondary N) is 1. The van der Waals surface area contributed by atoms with Gasteiger partial charge in [0.15, 0.2) is 0 Å². The number of rotatable bonds is 7. The Balaban J connectivity index is 1.29. The Labute approximate surface area is 184 Å². The minimum atomic E-state index is -0.462. The van der Waals surface area contributed by atoms with E-state index in [4.69, 9.17) is 0 Å². The van der Waals surface area contributed by atoms with E-state index in [2.05, 4.69) is 10.3 Å². The van der Waals surface area contributed by atoms with Crippen molar-refractivity contribution in [3.63, 3.8) is 0 Å². The Kier molecular flexibility index (Phi) is 6.72. The van der Waals surface area contributed by atoms with Crippen molar-refractivity contribution in [1.29, 1.82) is 0 Å². The normalized spacial score (nSPS) is 15.8. The first-order valence-corrected chi connectivity index (χ1v) is 11.3. The highest BCUT2D eigenvalue weighted by molar-refractivity contribution is 7.13. The fourth-order valence-corrected chi connectivity index (χ4v) is 4.69. The topological polar surface area (TPSA) is 62.3 Å². The van der Waals surface area contributed by atoms with Crippen molar-refractivity contribution >= 4 is 23.2 Å². The number of hydrogen-bond acceptors (Lipinski definition) is 4. The Hall–Kier alpha value is -3.06. The van der Waals surface area contributed by atoms with Gasteiger partial charge in [-0.3, -0.25) is 9.59 Å². The van der Waals surface area contributed by atoms with E-state index in [0.717, 1.165) is 22.7 Å². The maximum Gasteiger partial charge on any atom is 0.242 e. The van der Waals surface area contributed by atoms with Gasteiger partial charge in [0.2, 0.25) is 11.8 Å². The fraction of sp³-hybridized carbons (Fsp3) is 0.292. The largest absolute Gasteiger partial charge is 0.354 e. The SMILES string of the molecule is O=C(NCCc1csc(-c2ccccc2)n1)[C@H]1CCCN1C(=O)Cc1cccc(F)c1. The first kappa shape index (κ1) is 21.2. The summed E-state index contributed by atoms with van der Waals surface area (Å²) in [6, 6.07) is 15.6. The van der Waals surface area contributed by atoms with Crippen LogP contribution in [-0.4, -0.2) is 40.8 Å². The van der Waals surface area contributed by atoms with E-state index in [1.54, 1.807) is 28.4 Å². The van der Waals surface area contributed by atoms with Crippen molar-refractivity contribution in [3.05, 3.63) is 77.1 Å². The molecular formula is C24H24FN3O2S. The predicted octanol–water partition coefficient (Wildman–Crippen LogP) is 3.84. The van der Waals surface area contributed by atoms with Crippen LogP contribution in [0, 0.1) is 5.82 Å². The molecule has 1 N–H and O–H groups in total. The van der Waals surface area contributed by atoms with Crippen LogP contribution in [-0.2, 0) is 22.4 Å². The molecule has 0 unspecified atom stereocenters. The third kappa shape index (κ3) is 5.35. The molecule has 1 aliphatic rings. The summed E-state index contributed by atoms with van der Waals surface area (Å²) in [6.45, 7) is 1.03. The number of likely N-dealkylation sites (tertiary alicyclic amines) is 1. The molecular weight excluding hydrogens is 413 g/mol. The second kappa shape index (κ2) is 9.83. The van der Waals surface area contributed by atoms with E-state index in [1.165, 1.54) is 12.1 Å². The molecule has 0 aliphatic carbocycles. The zero-order valence-electron chi connectivity index (χ0n) is 17.1. The minimum Gasteiger partial charge on any atom is -0.354 e. The third-order valence-electron chi connectivity index (χ3n) is 5.37. The van der Waals surface area contributed by atoms with E-state index < -0.39 is 6.04 Å². The van der Waals surface area contributed by atoms with Crippen LogP contribution in [0.1, 0.15) is 24.1 Å². The minimum absolute atomic E-state index is 0.0998. The lowest BCUT2D eigenvalue weighted by atomic mass is 10.1. The van der Waals surface area contributed by atoms with E-state index in [1.807, 2.05) is 35.7 Å². The lowest BCUT2D eigenvalue weighted by Gasteiger charge is -2.24. The molecule has 1 atom stereocenters. The number of amides is 2. The van der Waals surface area contributed by atoms with Gasteiger partial charge < -0.3 is 10.2 Å². The Morgan fingerprint density at radius 3 is 2.81 bits per heavy atom. The first-order chi connectivity index (χ1) is 15.1.